The number of methoxy groups -OCH3 is 1. The monoisotopic (exact) mass is 402 g/mol. The van der Waals surface area contributed by atoms with Gasteiger partial charge < -0.3 is 15.0 Å². The highest BCUT2D eigenvalue weighted by Gasteiger charge is 2.25. The molecular formula is C20H26N4O3S. The summed E-state index contributed by atoms with van der Waals surface area (Å²) in [5, 5.41) is 7.73. The van der Waals surface area contributed by atoms with Crippen molar-refractivity contribution in [1.29, 1.82) is 0 Å². The van der Waals surface area contributed by atoms with Crippen molar-refractivity contribution in [1.82, 2.24) is 9.88 Å². The average molecular weight is 403 g/mol. The maximum atomic E-state index is 12.7. The summed E-state index contributed by atoms with van der Waals surface area (Å²) in [6, 6.07) is 7.11. The van der Waals surface area contributed by atoms with Crippen LogP contribution in [0.4, 0.5) is 15.6 Å². The Bertz CT molecular complexity index is 823. The van der Waals surface area contributed by atoms with Crippen LogP contribution in [0.1, 0.15) is 38.3 Å². The summed E-state index contributed by atoms with van der Waals surface area (Å²) >= 11 is 1.31. The number of nitrogens with one attached hydrogen (secondary N) is 2. The number of piperidine rings is 1. The molecule has 0 radical (unpaired) electrons. The molecule has 1 atom stereocenters. The van der Waals surface area contributed by atoms with Crippen LogP contribution in [-0.2, 0) is 11.2 Å². The molecule has 150 valence electrons. The highest BCUT2D eigenvalue weighted by Crippen LogP contribution is 2.24. The molecule has 7 nitrogen and oxygen atoms in total. The van der Waals surface area contributed by atoms with Crippen molar-refractivity contribution in [3.05, 3.63) is 35.3 Å². The molecule has 1 fully saturated rings. The molecule has 3 amide bonds. The van der Waals surface area contributed by atoms with Gasteiger partial charge in [0.1, 0.15) is 5.75 Å². The van der Waals surface area contributed by atoms with E-state index in [2.05, 4.69) is 22.5 Å². The summed E-state index contributed by atoms with van der Waals surface area (Å²) in [7, 11) is 1.55. The molecule has 2 N–H and O–H groups in total. The van der Waals surface area contributed by atoms with Crippen LogP contribution < -0.4 is 15.4 Å². The topological polar surface area (TPSA) is 83.6 Å². The van der Waals surface area contributed by atoms with Gasteiger partial charge in [0, 0.05) is 18.0 Å². The summed E-state index contributed by atoms with van der Waals surface area (Å²) < 4.78 is 5.22. The second-order valence-corrected chi connectivity index (χ2v) is 7.60. The smallest absolute Gasteiger partial charge is 0.325 e. The van der Waals surface area contributed by atoms with Crippen molar-refractivity contribution >= 4 is 34.1 Å². The number of benzene rings is 1. The van der Waals surface area contributed by atoms with Crippen LogP contribution in [0.2, 0.25) is 0 Å². The van der Waals surface area contributed by atoms with E-state index in [4.69, 9.17) is 4.74 Å². The van der Waals surface area contributed by atoms with Crippen molar-refractivity contribution in [3.63, 3.8) is 0 Å². The standard InChI is InChI=1S/C20H26N4O3S/c1-3-15-8-6-7-11-24(15)18(25)12-14-13-28-20(21-14)23-19(26)22-16-9-4-5-10-17(16)27-2/h4-5,9-10,13,15H,3,6-8,11-12H2,1-2H3,(H2,21,22,23,26). The lowest BCUT2D eigenvalue weighted by Gasteiger charge is -2.35. The fraction of sp³-hybridized carbons (Fsp3) is 0.450. The Kier molecular flexibility index (Phi) is 6.86. The van der Waals surface area contributed by atoms with Crippen LogP contribution in [0, 0.1) is 0 Å². The zero-order chi connectivity index (χ0) is 19.9. The number of aromatic nitrogens is 1. The Hall–Kier alpha value is -2.61. The van der Waals surface area contributed by atoms with Crippen molar-refractivity contribution in [2.45, 2.75) is 45.1 Å². The largest absolute Gasteiger partial charge is 0.495 e. The maximum Gasteiger partial charge on any atom is 0.325 e. The Morgan fingerprint density at radius 3 is 2.89 bits per heavy atom. The molecule has 1 saturated heterocycles. The van der Waals surface area contributed by atoms with Gasteiger partial charge in [0.25, 0.3) is 0 Å². The van der Waals surface area contributed by atoms with Crippen LogP contribution in [-0.4, -0.2) is 41.5 Å². The number of ether oxygens (including phenoxy) is 1. The third-order valence-electron chi connectivity index (χ3n) is 4.88. The number of nitrogens with zero attached hydrogens (tertiary/aromatic N) is 2. The Labute approximate surface area is 169 Å². The zero-order valence-electron chi connectivity index (χ0n) is 16.2. The first-order valence-corrected chi connectivity index (χ1v) is 10.4. The van der Waals surface area contributed by atoms with Gasteiger partial charge in [-0.05, 0) is 37.8 Å². The lowest BCUT2D eigenvalue weighted by Crippen LogP contribution is -2.44. The minimum Gasteiger partial charge on any atom is -0.495 e. The molecule has 1 unspecified atom stereocenters. The molecule has 28 heavy (non-hydrogen) atoms. The van der Waals surface area contributed by atoms with E-state index in [9.17, 15) is 9.59 Å². The number of anilines is 2. The van der Waals surface area contributed by atoms with E-state index in [1.54, 1.807) is 19.2 Å². The molecule has 1 aliphatic rings. The fourth-order valence-corrected chi connectivity index (χ4v) is 4.16. The van der Waals surface area contributed by atoms with Gasteiger partial charge in [-0.1, -0.05) is 19.1 Å². The van der Waals surface area contributed by atoms with Gasteiger partial charge in [0.2, 0.25) is 5.91 Å². The molecule has 0 aliphatic carbocycles. The molecule has 0 spiro atoms. The lowest BCUT2D eigenvalue weighted by molar-refractivity contribution is -0.134. The zero-order valence-corrected chi connectivity index (χ0v) is 17.1. The van der Waals surface area contributed by atoms with Crippen molar-refractivity contribution in [3.8, 4) is 5.75 Å². The van der Waals surface area contributed by atoms with Gasteiger partial charge >= 0.3 is 6.03 Å². The van der Waals surface area contributed by atoms with E-state index in [0.29, 0.717) is 28.3 Å². The Morgan fingerprint density at radius 1 is 1.29 bits per heavy atom. The van der Waals surface area contributed by atoms with E-state index < -0.39 is 6.03 Å². The van der Waals surface area contributed by atoms with Crippen LogP contribution in [0.5, 0.6) is 5.75 Å². The number of carbonyl (C=O) groups is 2. The first kappa shape index (κ1) is 20.1. The van der Waals surface area contributed by atoms with Crippen LogP contribution in [0.25, 0.3) is 0 Å². The summed E-state index contributed by atoms with van der Waals surface area (Å²) in [6.45, 7) is 2.95. The molecule has 8 heteroatoms. The summed E-state index contributed by atoms with van der Waals surface area (Å²) in [5.74, 6) is 0.692. The van der Waals surface area contributed by atoms with Crippen LogP contribution >= 0.6 is 11.3 Å². The molecule has 1 aromatic carbocycles. The molecular weight excluding hydrogens is 376 g/mol. The lowest BCUT2D eigenvalue weighted by atomic mass is 9.99. The predicted molar refractivity (Wildman–Crippen MR) is 111 cm³/mol. The van der Waals surface area contributed by atoms with E-state index >= 15 is 0 Å². The second-order valence-electron chi connectivity index (χ2n) is 6.75. The molecule has 0 saturated carbocycles. The van der Waals surface area contributed by atoms with Gasteiger partial charge in [0.15, 0.2) is 5.13 Å². The number of thiazole rings is 1. The first-order chi connectivity index (χ1) is 13.6. The van der Waals surface area contributed by atoms with Crippen LogP contribution in [0.15, 0.2) is 29.6 Å². The third-order valence-corrected chi connectivity index (χ3v) is 5.68. The number of urea groups is 1. The normalized spacial score (nSPS) is 16.5. The summed E-state index contributed by atoms with van der Waals surface area (Å²) in [6.07, 6.45) is 4.58. The van der Waals surface area contributed by atoms with Gasteiger partial charge in [-0.15, -0.1) is 11.3 Å². The van der Waals surface area contributed by atoms with Crippen molar-refractivity contribution in [2.75, 3.05) is 24.3 Å². The van der Waals surface area contributed by atoms with Gasteiger partial charge in [0.05, 0.1) is 24.9 Å². The summed E-state index contributed by atoms with van der Waals surface area (Å²) in [5.41, 5.74) is 1.26. The van der Waals surface area contributed by atoms with E-state index in [1.165, 1.54) is 17.8 Å². The fourth-order valence-electron chi connectivity index (χ4n) is 3.45. The highest BCUT2D eigenvalue weighted by atomic mass is 32.1. The van der Waals surface area contributed by atoms with Crippen LogP contribution in [0.3, 0.4) is 0 Å². The second kappa shape index (κ2) is 9.54. The van der Waals surface area contributed by atoms with E-state index in [-0.39, 0.29) is 12.3 Å². The summed E-state index contributed by atoms with van der Waals surface area (Å²) in [4.78, 5) is 31.3. The molecule has 0 bridgehead atoms. The highest BCUT2D eigenvalue weighted by molar-refractivity contribution is 7.14. The van der Waals surface area contributed by atoms with Crippen molar-refractivity contribution in [2.24, 2.45) is 0 Å². The minimum atomic E-state index is -0.404. The SMILES string of the molecule is CCC1CCCCN1C(=O)Cc1csc(NC(=O)Nc2ccccc2OC)n1. The van der Waals surface area contributed by atoms with Gasteiger partial charge in [-0.25, -0.2) is 9.78 Å². The van der Waals surface area contributed by atoms with E-state index in [0.717, 1.165) is 25.8 Å². The Morgan fingerprint density at radius 2 is 2.11 bits per heavy atom. The van der Waals surface area contributed by atoms with E-state index in [1.807, 2.05) is 22.4 Å². The molecule has 2 heterocycles. The Balaban J connectivity index is 1.56. The van der Waals surface area contributed by atoms with Gasteiger partial charge in [-0.3, -0.25) is 10.1 Å². The molecule has 1 aromatic heterocycles. The third kappa shape index (κ3) is 5.01. The number of amides is 3. The minimum absolute atomic E-state index is 0.113. The number of likely N-dealkylation sites (tertiary alicyclic amines) is 1. The predicted octanol–water partition coefficient (Wildman–Crippen LogP) is 4.13. The quantitative estimate of drug-likeness (QED) is 0.761. The molecule has 2 aromatic rings. The number of para-hydroxylation sites is 2. The number of hydrogen-bond acceptors (Lipinski definition) is 5. The molecule has 1 aliphatic heterocycles. The molecule has 3 rings (SSSR count). The number of rotatable bonds is 6. The maximum absolute atomic E-state index is 12.7. The first-order valence-electron chi connectivity index (χ1n) is 9.55. The number of carbonyl (C=O) groups excluding carboxylic acids is 2. The average Bonchev–Trinajstić information content (AvgIpc) is 3.14. The van der Waals surface area contributed by atoms with Gasteiger partial charge in [-0.2, -0.15) is 0 Å². The number of hydrogen-bond donors (Lipinski definition) is 2. The van der Waals surface area contributed by atoms with Crippen molar-refractivity contribution < 1.29 is 14.3 Å².